The third-order valence-electron chi connectivity index (χ3n) is 2.87. The molecule has 0 aliphatic heterocycles. The molecule has 2 aromatic rings. The highest BCUT2D eigenvalue weighted by molar-refractivity contribution is 7.90. The molecule has 0 unspecified atom stereocenters. The maximum absolute atomic E-state index is 12.3. The lowest BCUT2D eigenvalue weighted by atomic mass is 10.2. The molecular weight excluding hydrogens is 365 g/mol. The van der Waals surface area contributed by atoms with Crippen molar-refractivity contribution in [2.45, 2.75) is 30.9 Å². The quantitative estimate of drug-likeness (QED) is 0.828. The van der Waals surface area contributed by atoms with Crippen molar-refractivity contribution < 1.29 is 17.6 Å². The average Bonchev–Trinajstić information content (AvgIpc) is 2.98. The van der Waals surface area contributed by atoms with Gasteiger partial charge in [-0.1, -0.05) is 41.3 Å². The zero-order valence-corrected chi connectivity index (χ0v) is 14.4. The number of aromatic nitrogens is 2. The molecule has 0 fully saturated rings. The van der Waals surface area contributed by atoms with Gasteiger partial charge in [0, 0.05) is 22.0 Å². The molecule has 0 radical (unpaired) electrons. The van der Waals surface area contributed by atoms with E-state index in [0.717, 1.165) is 0 Å². The molecule has 0 saturated carbocycles. The van der Waals surface area contributed by atoms with Crippen molar-refractivity contribution in [3.05, 3.63) is 39.7 Å². The van der Waals surface area contributed by atoms with E-state index in [4.69, 9.17) is 27.6 Å². The number of sulfone groups is 1. The maximum atomic E-state index is 12.3. The number of nitrogens with one attached hydrogen (secondary N) is 1. The summed E-state index contributed by atoms with van der Waals surface area (Å²) in [6, 6.07) is 4.69. The summed E-state index contributed by atoms with van der Waals surface area (Å²) in [7, 11) is -3.90. The molecule has 0 atom stereocenters. The van der Waals surface area contributed by atoms with E-state index in [2.05, 4.69) is 15.5 Å². The van der Waals surface area contributed by atoms with E-state index in [1.165, 1.54) is 12.1 Å². The third kappa shape index (κ3) is 4.43. The van der Waals surface area contributed by atoms with Crippen LogP contribution in [-0.4, -0.2) is 24.5 Å². The molecule has 0 aliphatic carbocycles. The van der Waals surface area contributed by atoms with Crippen LogP contribution in [0.5, 0.6) is 0 Å². The van der Waals surface area contributed by atoms with Crippen molar-refractivity contribution in [3.8, 4) is 0 Å². The van der Waals surface area contributed by atoms with Gasteiger partial charge in [-0.05, 0) is 12.1 Å². The number of carbonyl (C=O) groups excluding carboxylic acids is 1. The lowest BCUT2D eigenvalue weighted by molar-refractivity contribution is -0.121. The van der Waals surface area contributed by atoms with E-state index >= 15 is 0 Å². The van der Waals surface area contributed by atoms with Crippen LogP contribution in [0.25, 0.3) is 0 Å². The Bertz CT molecular complexity index is 800. The molecule has 10 heteroatoms. The summed E-state index contributed by atoms with van der Waals surface area (Å²) in [4.78, 5) is 11.2. The number of carbonyl (C=O) groups is 1. The topological polar surface area (TPSA) is 102 Å². The van der Waals surface area contributed by atoms with Gasteiger partial charge in [0.05, 0.1) is 12.3 Å². The number of benzene rings is 1. The van der Waals surface area contributed by atoms with Crippen molar-refractivity contribution in [2.75, 3.05) is 0 Å². The van der Waals surface area contributed by atoms with E-state index in [1.807, 2.05) is 0 Å². The van der Waals surface area contributed by atoms with Gasteiger partial charge in [0.2, 0.25) is 21.6 Å². The molecule has 7 nitrogen and oxygen atoms in total. The van der Waals surface area contributed by atoms with Crippen LogP contribution in [0.15, 0.2) is 27.8 Å². The fraction of sp³-hybridized carbons (Fsp3) is 0.308. The zero-order valence-electron chi connectivity index (χ0n) is 12.0. The summed E-state index contributed by atoms with van der Waals surface area (Å²) in [5.74, 6) is -0.680. The van der Waals surface area contributed by atoms with E-state index in [1.54, 1.807) is 13.0 Å². The third-order valence-corrected chi connectivity index (χ3v) is 4.94. The van der Waals surface area contributed by atoms with Gasteiger partial charge in [0.1, 0.15) is 0 Å². The van der Waals surface area contributed by atoms with Crippen molar-refractivity contribution in [1.82, 2.24) is 15.5 Å². The highest BCUT2D eigenvalue weighted by Crippen LogP contribution is 2.28. The molecule has 0 spiro atoms. The smallest absolute Gasteiger partial charge is 0.335 e. The number of rotatable bonds is 6. The summed E-state index contributed by atoms with van der Waals surface area (Å²) in [6.45, 7) is 1.65. The van der Waals surface area contributed by atoms with Gasteiger partial charge in [-0.3, -0.25) is 4.79 Å². The first-order chi connectivity index (χ1) is 10.8. The average molecular weight is 378 g/mol. The molecule has 0 aliphatic rings. The normalized spacial score (nSPS) is 11.4. The molecule has 124 valence electrons. The second kappa shape index (κ2) is 7.29. The molecule has 23 heavy (non-hydrogen) atoms. The Morgan fingerprint density at radius 2 is 1.91 bits per heavy atom. The zero-order chi connectivity index (χ0) is 17.0. The molecule has 0 saturated heterocycles. The highest BCUT2D eigenvalue weighted by atomic mass is 35.5. The minimum absolute atomic E-state index is 0.00405. The van der Waals surface area contributed by atoms with Gasteiger partial charge in [-0.25, -0.2) is 8.42 Å². The minimum atomic E-state index is -3.90. The Hall–Kier alpha value is -1.64. The number of nitrogens with zero attached hydrogens (tertiary/aromatic N) is 2. The molecule has 1 aromatic heterocycles. The minimum Gasteiger partial charge on any atom is -0.411 e. The SMILES string of the molecule is CCC(=O)NCc1nnc(S(=O)(=O)Cc2c(Cl)cccc2Cl)o1. The second-order valence-corrected chi connectivity index (χ2v) is 7.23. The summed E-state index contributed by atoms with van der Waals surface area (Å²) in [5.41, 5.74) is 0.259. The standard InChI is InChI=1S/C13H13Cl2N3O4S/c1-2-11(19)16-6-12-17-18-13(22-12)23(20,21)7-8-9(14)4-3-5-10(8)15/h3-5H,2,6-7H2,1H3,(H,16,19). The summed E-state index contributed by atoms with van der Waals surface area (Å²) < 4.78 is 29.7. The van der Waals surface area contributed by atoms with Crippen molar-refractivity contribution in [1.29, 1.82) is 0 Å². The fourth-order valence-corrected chi connectivity index (χ4v) is 3.55. The monoisotopic (exact) mass is 377 g/mol. The molecular formula is C13H13Cl2N3O4S. The number of amides is 1. The van der Waals surface area contributed by atoms with Gasteiger partial charge in [-0.15, -0.1) is 5.10 Å². The van der Waals surface area contributed by atoms with Crippen molar-refractivity contribution in [2.24, 2.45) is 0 Å². The highest BCUT2D eigenvalue weighted by Gasteiger charge is 2.25. The molecule has 0 bridgehead atoms. The largest absolute Gasteiger partial charge is 0.411 e. The first-order valence-electron chi connectivity index (χ1n) is 6.58. The Balaban J connectivity index is 2.17. The number of halogens is 2. The Labute approximate surface area is 142 Å². The maximum Gasteiger partial charge on any atom is 0.335 e. The fourth-order valence-electron chi connectivity index (χ4n) is 1.66. The van der Waals surface area contributed by atoms with Gasteiger partial charge >= 0.3 is 5.22 Å². The summed E-state index contributed by atoms with van der Waals surface area (Å²) in [6.07, 6.45) is 0.296. The molecule has 1 amide bonds. The Kier molecular flexibility index (Phi) is 5.61. The van der Waals surface area contributed by atoms with Crippen LogP contribution in [0.3, 0.4) is 0 Å². The summed E-state index contributed by atoms with van der Waals surface area (Å²) in [5, 5.41) is 9.53. The lowest BCUT2D eigenvalue weighted by Crippen LogP contribution is -2.21. The Morgan fingerprint density at radius 3 is 2.52 bits per heavy atom. The number of hydrogen-bond acceptors (Lipinski definition) is 6. The predicted octanol–water partition coefficient (Wildman–Crippen LogP) is 2.38. The molecule has 1 heterocycles. The van der Waals surface area contributed by atoms with E-state index in [-0.39, 0.29) is 34.0 Å². The Morgan fingerprint density at radius 1 is 1.26 bits per heavy atom. The van der Waals surface area contributed by atoms with Crippen molar-refractivity contribution in [3.63, 3.8) is 0 Å². The van der Waals surface area contributed by atoms with Gasteiger partial charge in [-0.2, -0.15) is 0 Å². The van der Waals surface area contributed by atoms with Crippen LogP contribution in [-0.2, 0) is 26.9 Å². The van der Waals surface area contributed by atoms with Crippen LogP contribution >= 0.6 is 23.2 Å². The molecule has 1 aromatic carbocycles. The van der Waals surface area contributed by atoms with Crippen LogP contribution in [0.1, 0.15) is 24.8 Å². The van der Waals surface area contributed by atoms with Crippen LogP contribution in [0.2, 0.25) is 10.0 Å². The van der Waals surface area contributed by atoms with E-state index in [9.17, 15) is 13.2 Å². The first kappa shape index (κ1) is 17.7. The van der Waals surface area contributed by atoms with E-state index < -0.39 is 20.8 Å². The van der Waals surface area contributed by atoms with E-state index in [0.29, 0.717) is 6.42 Å². The molecule has 1 N–H and O–H groups in total. The van der Waals surface area contributed by atoms with Crippen LogP contribution in [0.4, 0.5) is 0 Å². The predicted molar refractivity (Wildman–Crippen MR) is 83.8 cm³/mol. The first-order valence-corrected chi connectivity index (χ1v) is 8.99. The summed E-state index contributed by atoms with van der Waals surface area (Å²) >= 11 is 11.9. The van der Waals surface area contributed by atoms with Crippen LogP contribution < -0.4 is 5.32 Å². The van der Waals surface area contributed by atoms with Crippen molar-refractivity contribution >= 4 is 38.9 Å². The molecule has 2 rings (SSSR count). The lowest BCUT2D eigenvalue weighted by Gasteiger charge is -2.05. The number of hydrogen-bond donors (Lipinski definition) is 1. The second-order valence-electron chi connectivity index (χ2n) is 4.55. The van der Waals surface area contributed by atoms with Gasteiger partial charge in [0.15, 0.2) is 0 Å². The van der Waals surface area contributed by atoms with Gasteiger partial charge < -0.3 is 9.73 Å². The van der Waals surface area contributed by atoms with Crippen LogP contribution in [0, 0.1) is 0 Å². The van der Waals surface area contributed by atoms with Gasteiger partial charge in [0.25, 0.3) is 0 Å².